The third kappa shape index (κ3) is 2.44. The van der Waals surface area contributed by atoms with Crippen LogP contribution in [0.3, 0.4) is 0 Å². The molecule has 5 heteroatoms. The van der Waals surface area contributed by atoms with Gasteiger partial charge in [-0.1, -0.05) is 0 Å². The lowest BCUT2D eigenvalue weighted by atomic mass is 10.2. The maximum atomic E-state index is 11.6. The number of pyridine rings is 1. The van der Waals surface area contributed by atoms with Crippen LogP contribution in [0.1, 0.15) is 16.8 Å². The molecule has 0 radical (unpaired) electrons. The van der Waals surface area contributed by atoms with Gasteiger partial charge < -0.3 is 15.2 Å². The first-order valence-electron chi connectivity index (χ1n) is 4.76. The molecular weight excluding hydrogens is 196 g/mol. The number of anilines is 1. The Morgan fingerprint density at radius 2 is 2.47 bits per heavy atom. The molecule has 1 aromatic rings. The van der Waals surface area contributed by atoms with Crippen LogP contribution >= 0.6 is 0 Å². The number of rotatable bonds is 2. The Hall–Kier alpha value is -1.62. The zero-order valence-corrected chi connectivity index (χ0v) is 8.18. The molecule has 80 valence electrons. The van der Waals surface area contributed by atoms with Crippen molar-refractivity contribution in [3.63, 3.8) is 0 Å². The van der Waals surface area contributed by atoms with Crippen molar-refractivity contribution in [3.05, 3.63) is 23.9 Å². The van der Waals surface area contributed by atoms with E-state index in [1.165, 1.54) is 6.20 Å². The second-order valence-corrected chi connectivity index (χ2v) is 3.36. The molecule has 1 fully saturated rings. The molecule has 0 aliphatic carbocycles. The van der Waals surface area contributed by atoms with Crippen LogP contribution in [0.5, 0.6) is 0 Å². The molecule has 1 aliphatic rings. The Morgan fingerprint density at radius 3 is 3.07 bits per heavy atom. The molecular formula is C10H12N2O3. The van der Waals surface area contributed by atoms with Gasteiger partial charge in [-0.25, -0.2) is 9.78 Å². The van der Waals surface area contributed by atoms with Crippen LogP contribution in [-0.4, -0.2) is 30.3 Å². The SMILES string of the molecule is Nc1ccc(C(=O)OC2CCOC2)cn1. The van der Waals surface area contributed by atoms with Crippen LogP contribution in [0.25, 0.3) is 0 Å². The minimum atomic E-state index is -0.377. The predicted octanol–water partition coefficient (Wildman–Crippen LogP) is 0.609. The molecule has 0 saturated carbocycles. The summed E-state index contributed by atoms with van der Waals surface area (Å²) in [4.78, 5) is 15.4. The van der Waals surface area contributed by atoms with E-state index in [1.807, 2.05) is 0 Å². The lowest BCUT2D eigenvalue weighted by Gasteiger charge is -2.09. The van der Waals surface area contributed by atoms with Gasteiger partial charge in [0.25, 0.3) is 0 Å². The molecule has 0 aromatic carbocycles. The highest BCUT2D eigenvalue weighted by molar-refractivity contribution is 5.89. The van der Waals surface area contributed by atoms with Crippen LogP contribution < -0.4 is 5.73 Å². The second-order valence-electron chi connectivity index (χ2n) is 3.36. The average Bonchev–Trinajstić information content (AvgIpc) is 2.71. The highest BCUT2D eigenvalue weighted by Gasteiger charge is 2.20. The van der Waals surface area contributed by atoms with Crippen LogP contribution in [0.4, 0.5) is 5.82 Å². The number of nitrogen functional groups attached to an aromatic ring is 1. The Morgan fingerprint density at radius 1 is 1.60 bits per heavy atom. The van der Waals surface area contributed by atoms with Gasteiger partial charge in [0.05, 0.1) is 18.8 Å². The zero-order chi connectivity index (χ0) is 10.7. The van der Waals surface area contributed by atoms with Gasteiger partial charge in [-0.3, -0.25) is 0 Å². The Kier molecular flexibility index (Phi) is 2.82. The van der Waals surface area contributed by atoms with E-state index in [0.29, 0.717) is 24.6 Å². The maximum absolute atomic E-state index is 11.6. The molecule has 2 heterocycles. The normalized spacial score (nSPS) is 20.1. The fourth-order valence-electron chi connectivity index (χ4n) is 1.35. The van der Waals surface area contributed by atoms with Crippen molar-refractivity contribution in [2.75, 3.05) is 18.9 Å². The smallest absolute Gasteiger partial charge is 0.340 e. The van der Waals surface area contributed by atoms with Crippen LogP contribution in [0.2, 0.25) is 0 Å². The van der Waals surface area contributed by atoms with E-state index in [4.69, 9.17) is 15.2 Å². The van der Waals surface area contributed by atoms with Crippen molar-refractivity contribution in [3.8, 4) is 0 Å². The number of ether oxygens (including phenoxy) is 2. The third-order valence-corrected chi connectivity index (χ3v) is 2.18. The van der Waals surface area contributed by atoms with Gasteiger partial charge in [0.2, 0.25) is 0 Å². The molecule has 1 aliphatic heterocycles. The summed E-state index contributed by atoms with van der Waals surface area (Å²) >= 11 is 0. The van der Waals surface area contributed by atoms with Crippen molar-refractivity contribution in [1.82, 2.24) is 4.98 Å². The number of hydrogen-bond acceptors (Lipinski definition) is 5. The Labute approximate surface area is 87.2 Å². The van der Waals surface area contributed by atoms with Crippen LogP contribution in [0, 0.1) is 0 Å². The van der Waals surface area contributed by atoms with Crippen molar-refractivity contribution < 1.29 is 14.3 Å². The van der Waals surface area contributed by atoms with Crippen molar-refractivity contribution in [1.29, 1.82) is 0 Å². The first-order chi connectivity index (χ1) is 7.25. The second kappa shape index (κ2) is 4.27. The summed E-state index contributed by atoms with van der Waals surface area (Å²) in [6.45, 7) is 1.13. The largest absolute Gasteiger partial charge is 0.456 e. The summed E-state index contributed by atoms with van der Waals surface area (Å²) in [7, 11) is 0. The molecule has 2 N–H and O–H groups in total. The van der Waals surface area contributed by atoms with Gasteiger partial charge in [-0.05, 0) is 12.1 Å². The number of esters is 1. The van der Waals surface area contributed by atoms with E-state index in [1.54, 1.807) is 12.1 Å². The van der Waals surface area contributed by atoms with E-state index < -0.39 is 0 Å². The number of nitrogens with two attached hydrogens (primary N) is 1. The maximum Gasteiger partial charge on any atom is 0.340 e. The lowest BCUT2D eigenvalue weighted by molar-refractivity contribution is 0.0270. The minimum Gasteiger partial charge on any atom is -0.456 e. The summed E-state index contributed by atoms with van der Waals surface area (Å²) in [6, 6.07) is 3.17. The average molecular weight is 208 g/mol. The van der Waals surface area contributed by atoms with Crippen LogP contribution in [0.15, 0.2) is 18.3 Å². The van der Waals surface area contributed by atoms with Gasteiger partial charge in [0.15, 0.2) is 0 Å². The highest BCUT2D eigenvalue weighted by atomic mass is 16.6. The van der Waals surface area contributed by atoms with Crippen molar-refractivity contribution in [2.24, 2.45) is 0 Å². The first-order valence-corrected chi connectivity index (χ1v) is 4.76. The van der Waals surface area contributed by atoms with Gasteiger partial charge in [0.1, 0.15) is 11.9 Å². The third-order valence-electron chi connectivity index (χ3n) is 2.18. The van der Waals surface area contributed by atoms with E-state index in [-0.39, 0.29) is 12.1 Å². The molecule has 5 nitrogen and oxygen atoms in total. The summed E-state index contributed by atoms with van der Waals surface area (Å²) in [6.07, 6.45) is 2.04. The molecule has 1 atom stereocenters. The topological polar surface area (TPSA) is 74.4 Å². The number of carbonyl (C=O) groups is 1. The minimum absolute atomic E-state index is 0.130. The molecule has 1 aromatic heterocycles. The van der Waals surface area contributed by atoms with Gasteiger partial charge in [0, 0.05) is 12.6 Å². The number of hydrogen-bond donors (Lipinski definition) is 1. The van der Waals surface area contributed by atoms with E-state index in [0.717, 1.165) is 6.42 Å². The quantitative estimate of drug-likeness (QED) is 0.721. The highest BCUT2D eigenvalue weighted by Crippen LogP contribution is 2.11. The standard InChI is InChI=1S/C10H12N2O3/c11-9-2-1-7(5-12-9)10(13)15-8-3-4-14-6-8/h1-2,5,8H,3-4,6H2,(H2,11,12). The summed E-state index contributed by atoms with van der Waals surface area (Å²) in [5.41, 5.74) is 5.82. The van der Waals surface area contributed by atoms with E-state index >= 15 is 0 Å². The summed E-state index contributed by atoms with van der Waals surface area (Å²) in [5.74, 6) is 0.00810. The molecule has 2 rings (SSSR count). The Bertz CT molecular complexity index is 344. The van der Waals surface area contributed by atoms with E-state index in [9.17, 15) is 4.79 Å². The monoisotopic (exact) mass is 208 g/mol. The number of nitrogens with zero attached hydrogens (tertiary/aromatic N) is 1. The number of aromatic nitrogens is 1. The zero-order valence-electron chi connectivity index (χ0n) is 8.18. The molecule has 0 bridgehead atoms. The molecule has 15 heavy (non-hydrogen) atoms. The molecule has 1 unspecified atom stereocenters. The molecule has 0 spiro atoms. The summed E-state index contributed by atoms with van der Waals surface area (Å²) in [5, 5.41) is 0. The fraction of sp³-hybridized carbons (Fsp3) is 0.400. The van der Waals surface area contributed by atoms with Gasteiger partial charge >= 0.3 is 5.97 Å². The lowest BCUT2D eigenvalue weighted by Crippen LogP contribution is -2.18. The summed E-state index contributed by atoms with van der Waals surface area (Å²) < 4.78 is 10.3. The van der Waals surface area contributed by atoms with Crippen molar-refractivity contribution in [2.45, 2.75) is 12.5 Å². The van der Waals surface area contributed by atoms with Crippen molar-refractivity contribution >= 4 is 11.8 Å². The fourth-order valence-corrected chi connectivity index (χ4v) is 1.35. The molecule has 1 saturated heterocycles. The number of carbonyl (C=O) groups excluding carboxylic acids is 1. The molecule has 0 amide bonds. The van der Waals surface area contributed by atoms with Gasteiger partial charge in [-0.2, -0.15) is 0 Å². The predicted molar refractivity (Wildman–Crippen MR) is 53.3 cm³/mol. The van der Waals surface area contributed by atoms with E-state index in [2.05, 4.69) is 4.98 Å². The van der Waals surface area contributed by atoms with Crippen LogP contribution in [-0.2, 0) is 9.47 Å². The van der Waals surface area contributed by atoms with Gasteiger partial charge in [-0.15, -0.1) is 0 Å². The first kappa shape index (κ1) is 9.92. The Balaban J connectivity index is 1.98.